The Balaban J connectivity index is 1.45. The van der Waals surface area contributed by atoms with Crippen LogP contribution in [0, 0.1) is 0 Å². The largest absolute Gasteiger partial charge is 0.491 e. The zero-order valence-corrected chi connectivity index (χ0v) is 15.8. The van der Waals surface area contributed by atoms with E-state index in [9.17, 15) is 0 Å². The Bertz CT molecular complexity index is 661. The van der Waals surface area contributed by atoms with E-state index in [1.807, 2.05) is 24.3 Å². The summed E-state index contributed by atoms with van der Waals surface area (Å²) in [6.45, 7) is 4.44. The average Bonchev–Trinajstić information content (AvgIpc) is 2.68. The zero-order chi connectivity index (χ0) is 18.2. The lowest BCUT2D eigenvalue weighted by molar-refractivity contribution is 0.182. The Kier molecular flexibility index (Phi) is 7.32. The van der Waals surface area contributed by atoms with Gasteiger partial charge in [0.1, 0.15) is 12.4 Å². The van der Waals surface area contributed by atoms with Crippen LogP contribution in [0.1, 0.15) is 24.0 Å². The third-order valence-corrected chi connectivity index (χ3v) is 4.96. The van der Waals surface area contributed by atoms with Gasteiger partial charge in [0, 0.05) is 30.7 Å². The summed E-state index contributed by atoms with van der Waals surface area (Å²) < 4.78 is 5.40. The number of benzene rings is 2. The molecule has 4 nitrogen and oxygen atoms in total. The van der Waals surface area contributed by atoms with Crippen LogP contribution in [0.3, 0.4) is 0 Å². The van der Waals surface area contributed by atoms with Crippen molar-refractivity contribution in [1.82, 2.24) is 10.2 Å². The number of ether oxygens (including phenoxy) is 1. The highest BCUT2D eigenvalue weighted by Crippen LogP contribution is 2.17. The van der Waals surface area contributed by atoms with Crippen LogP contribution in [-0.2, 0) is 13.1 Å². The third-order valence-electron chi connectivity index (χ3n) is 4.70. The Hall–Kier alpha value is -1.59. The summed E-state index contributed by atoms with van der Waals surface area (Å²) in [5.41, 5.74) is 2.56. The van der Waals surface area contributed by atoms with Crippen molar-refractivity contribution in [2.45, 2.75) is 32.0 Å². The molecule has 0 bridgehead atoms. The standard InChI is InChI=1S/C21H27ClN2O2/c22-19-7-3-18(4-8-19)15-24-11-1-2-20(16-24)23-14-17-5-9-21(10-6-17)26-13-12-25/h3-10,20,23,25H,1-2,11-16H2/t20-/m0/s1. The molecular weight excluding hydrogens is 348 g/mol. The lowest BCUT2D eigenvalue weighted by Gasteiger charge is -2.33. The normalized spacial score (nSPS) is 18.0. The van der Waals surface area contributed by atoms with Gasteiger partial charge < -0.3 is 15.2 Å². The highest BCUT2D eigenvalue weighted by Gasteiger charge is 2.19. The second-order valence-corrected chi connectivity index (χ2v) is 7.23. The monoisotopic (exact) mass is 374 g/mol. The van der Waals surface area contributed by atoms with Gasteiger partial charge in [0.15, 0.2) is 0 Å². The quantitative estimate of drug-likeness (QED) is 0.742. The van der Waals surface area contributed by atoms with E-state index in [-0.39, 0.29) is 6.61 Å². The van der Waals surface area contributed by atoms with Crippen molar-refractivity contribution in [3.63, 3.8) is 0 Å². The molecular formula is C21H27ClN2O2. The Morgan fingerprint density at radius 3 is 2.54 bits per heavy atom. The summed E-state index contributed by atoms with van der Waals surface area (Å²) >= 11 is 5.97. The van der Waals surface area contributed by atoms with Crippen molar-refractivity contribution < 1.29 is 9.84 Å². The Morgan fingerprint density at radius 2 is 1.81 bits per heavy atom. The minimum Gasteiger partial charge on any atom is -0.491 e. The van der Waals surface area contributed by atoms with E-state index in [0.717, 1.165) is 37.0 Å². The molecule has 0 saturated carbocycles. The minimum atomic E-state index is 0.0392. The zero-order valence-electron chi connectivity index (χ0n) is 15.0. The Labute approximate surface area is 160 Å². The van der Waals surface area contributed by atoms with Crippen LogP contribution in [0.2, 0.25) is 5.02 Å². The van der Waals surface area contributed by atoms with Crippen molar-refractivity contribution in [2.24, 2.45) is 0 Å². The summed E-state index contributed by atoms with van der Waals surface area (Å²) in [7, 11) is 0. The summed E-state index contributed by atoms with van der Waals surface area (Å²) in [5, 5.41) is 13.3. The number of hydrogen-bond donors (Lipinski definition) is 2. The van der Waals surface area contributed by atoms with Crippen molar-refractivity contribution >= 4 is 11.6 Å². The van der Waals surface area contributed by atoms with Crippen molar-refractivity contribution in [2.75, 3.05) is 26.3 Å². The smallest absolute Gasteiger partial charge is 0.119 e. The van der Waals surface area contributed by atoms with Crippen LogP contribution in [0.25, 0.3) is 0 Å². The van der Waals surface area contributed by atoms with Crippen molar-refractivity contribution in [1.29, 1.82) is 0 Å². The van der Waals surface area contributed by atoms with Crippen LogP contribution in [0.15, 0.2) is 48.5 Å². The van der Waals surface area contributed by atoms with Gasteiger partial charge in [0.25, 0.3) is 0 Å². The number of aliphatic hydroxyl groups is 1. The SMILES string of the molecule is OCCOc1ccc(CN[C@H]2CCCN(Cc3ccc(Cl)cc3)C2)cc1. The number of nitrogens with zero attached hydrogens (tertiary/aromatic N) is 1. The van der Waals surface area contributed by atoms with E-state index in [0.29, 0.717) is 12.6 Å². The van der Waals surface area contributed by atoms with E-state index in [2.05, 4.69) is 34.5 Å². The van der Waals surface area contributed by atoms with E-state index in [4.69, 9.17) is 21.4 Å². The van der Waals surface area contributed by atoms with Gasteiger partial charge in [0.05, 0.1) is 6.61 Å². The number of aliphatic hydroxyl groups excluding tert-OH is 1. The van der Waals surface area contributed by atoms with Crippen molar-refractivity contribution in [3.05, 3.63) is 64.7 Å². The average molecular weight is 375 g/mol. The molecule has 0 amide bonds. The molecule has 1 aliphatic heterocycles. The third kappa shape index (κ3) is 5.99. The molecule has 0 spiro atoms. The summed E-state index contributed by atoms with van der Waals surface area (Å²) in [5.74, 6) is 0.801. The first-order valence-electron chi connectivity index (χ1n) is 9.26. The number of piperidine rings is 1. The lowest BCUT2D eigenvalue weighted by atomic mass is 10.0. The topological polar surface area (TPSA) is 44.7 Å². The minimum absolute atomic E-state index is 0.0392. The Morgan fingerprint density at radius 1 is 1.08 bits per heavy atom. The molecule has 26 heavy (non-hydrogen) atoms. The first-order chi connectivity index (χ1) is 12.7. The van der Waals surface area contributed by atoms with Gasteiger partial charge >= 0.3 is 0 Å². The molecule has 5 heteroatoms. The van der Waals surface area contributed by atoms with Gasteiger partial charge in [-0.2, -0.15) is 0 Å². The van der Waals surface area contributed by atoms with Gasteiger partial charge in [-0.25, -0.2) is 0 Å². The maximum Gasteiger partial charge on any atom is 0.119 e. The molecule has 0 aliphatic carbocycles. The molecule has 2 aromatic carbocycles. The summed E-state index contributed by atoms with van der Waals surface area (Å²) in [6.07, 6.45) is 2.44. The number of likely N-dealkylation sites (tertiary alicyclic amines) is 1. The second kappa shape index (κ2) is 9.93. The highest BCUT2D eigenvalue weighted by molar-refractivity contribution is 6.30. The molecule has 1 fully saturated rings. The molecule has 0 unspecified atom stereocenters. The molecule has 1 saturated heterocycles. The predicted octanol–water partition coefficient (Wildman–Crippen LogP) is 3.47. The van der Waals surface area contributed by atoms with E-state index in [1.165, 1.54) is 24.0 Å². The van der Waals surface area contributed by atoms with E-state index in [1.54, 1.807) is 0 Å². The fraction of sp³-hybridized carbons (Fsp3) is 0.429. The van der Waals surface area contributed by atoms with E-state index >= 15 is 0 Å². The fourth-order valence-electron chi connectivity index (χ4n) is 3.34. The molecule has 2 N–H and O–H groups in total. The molecule has 2 aromatic rings. The van der Waals surface area contributed by atoms with Crippen LogP contribution in [0.5, 0.6) is 5.75 Å². The van der Waals surface area contributed by atoms with Crippen LogP contribution in [-0.4, -0.2) is 42.4 Å². The van der Waals surface area contributed by atoms with E-state index < -0.39 is 0 Å². The maximum absolute atomic E-state index is 8.79. The summed E-state index contributed by atoms with van der Waals surface area (Å²) in [4.78, 5) is 2.51. The highest BCUT2D eigenvalue weighted by atomic mass is 35.5. The molecule has 0 aromatic heterocycles. The first kappa shape index (κ1) is 19.2. The van der Waals surface area contributed by atoms with Crippen LogP contribution in [0.4, 0.5) is 0 Å². The molecule has 0 radical (unpaired) electrons. The van der Waals surface area contributed by atoms with Gasteiger partial charge in [0.2, 0.25) is 0 Å². The van der Waals surface area contributed by atoms with Crippen LogP contribution < -0.4 is 10.1 Å². The van der Waals surface area contributed by atoms with Gasteiger partial charge in [-0.15, -0.1) is 0 Å². The van der Waals surface area contributed by atoms with Crippen molar-refractivity contribution in [3.8, 4) is 5.75 Å². The number of rotatable bonds is 8. The predicted molar refractivity (Wildman–Crippen MR) is 106 cm³/mol. The number of hydrogen-bond acceptors (Lipinski definition) is 4. The number of halogens is 1. The second-order valence-electron chi connectivity index (χ2n) is 6.80. The summed E-state index contributed by atoms with van der Waals surface area (Å²) in [6, 6.07) is 16.7. The number of nitrogens with one attached hydrogen (secondary N) is 1. The van der Waals surface area contributed by atoms with Gasteiger partial charge in [-0.05, 0) is 54.8 Å². The first-order valence-corrected chi connectivity index (χ1v) is 9.63. The molecule has 140 valence electrons. The maximum atomic E-state index is 8.79. The van der Waals surface area contributed by atoms with Gasteiger partial charge in [-0.1, -0.05) is 35.9 Å². The molecule has 1 heterocycles. The van der Waals surface area contributed by atoms with Gasteiger partial charge in [-0.3, -0.25) is 4.90 Å². The molecule has 1 atom stereocenters. The lowest BCUT2D eigenvalue weighted by Crippen LogP contribution is -2.45. The fourth-order valence-corrected chi connectivity index (χ4v) is 3.47. The van der Waals surface area contributed by atoms with Crippen LogP contribution >= 0.6 is 11.6 Å². The molecule has 1 aliphatic rings. The molecule has 3 rings (SSSR count).